The van der Waals surface area contributed by atoms with Crippen molar-refractivity contribution in [3.63, 3.8) is 0 Å². The molecule has 20 heavy (non-hydrogen) atoms. The third kappa shape index (κ3) is 4.26. The fourth-order valence-electron chi connectivity index (χ4n) is 2.01. The fourth-order valence-corrected chi connectivity index (χ4v) is 2.01. The first-order valence-electron chi connectivity index (χ1n) is 6.65. The lowest BCUT2D eigenvalue weighted by atomic mass is 9.78. The third-order valence-corrected chi connectivity index (χ3v) is 3.09. The van der Waals surface area contributed by atoms with E-state index in [4.69, 9.17) is 0 Å². The van der Waals surface area contributed by atoms with Gasteiger partial charge in [-0.1, -0.05) is 49.0 Å². The second-order valence-electron chi connectivity index (χ2n) is 6.95. The molecule has 0 aliphatic heterocycles. The molecule has 1 aromatic carbocycles. The second kappa shape index (κ2) is 6.29. The van der Waals surface area contributed by atoms with Crippen LogP contribution in [0.5, 0.6) is 5.75 Å². The predicted octanol–water partition coefficient (Wildman–Crippen LogP) is 4.18. The van der Waals surface area contributed by atoms with E-state index in [9.17, 15) is 5.11 Å². The summed E-state index contributed by atoms with van der Waals surface area (Å²) in [4.78, 5) is 0. The van der Waals surface area contributed by atoms with Gasteiger partial charge in [0, 0.05) is 18.2 Å². The van der Waals surface area contributed by atoms with Crippen molar-refractivity contribution in [3.8, 4) is 5.75 Å². The molecule has 0 atom stereocenters. The van der Waals surface area contributed by atoms with E-state index in [0.717, 1.165) is 16.7 Å². The van der Waals surface area contributed by atoms with Gasteiger partial charge in [-0.05, 0) is 28.5 Å². The van der Waals surface area contributed by atoms with Crippen LogP contribution in [0.1, 0.15) is 65.7 Å². The van der Waals surface area contributed by atoms with Gasteiger partial charge in [-0.2, -0.15) is 5.10 Å². The Morgan fingerprint density at radius 3 is 1.70 bits per heavy atom. The number of hydrogen-bond acceptors (Lipinski definition) is 3. The highest BCUT2D eigenvalue weighted by Crippen LogP contribution is 2.39. The average molecular weight is 278 g/mol. The topological polar surface area (TPSA) is 44.6 Å². The molecule has 0 amide bonds. The summed E-state index contributed by atoms with van der Waals surface area (Å²) in [5, 5.41) is 14.6. The van der Waals surface area contributed by atoms with Gasteiger partial charge in [-0.15, -0.1) is 0 Å². The van der Waals surface area contributed by atoms with Crippen LogP contribution in [-0.4, -0.2) is 18.4 Å². The summed E-state index contributed by atoms with van der Waals surface area (Å²) in [5.74, 6) is 0.404. The average Bonchev–Trinajstić information content (AvgIpc) is 2.24. The molecule has 0 unspecified atom stereocenters. The maximum absolute atomic E-state index is 10.5. The summed E-state index contributed by atoms with van der Waals surface area (Å²) in [6, 6.07) is 4.01. The number of benzene rings is 1. The highest BCUT2D eigenvalue weighted by atomic mass is 16.3. The van der Waals surface area contributed by atoms with Crippen molar-refractivity contribution in [1.82, 2.24) is 5.43 Å². The summed E-state index contributed by atoms with van der Waals surface area (Å²) >= 11 is 0. The zero-order valence-electron chi connectivity index (χ0n) is 13.1. The summed E-state index contributed by atoms with van der Waals surface area (Å²) in [6.07, 6.45) is 1.78. The molecule has 2 N–H and O–H groups in total. The third-order valence-electron chi connectivity index (χ3n) is 3.09. The van der Waals surface area contributed by atoms with Crippen molar-refractivity contribution in [2.45, 2.75) is 59.8 Å². The monoisotopic (exact) mass is 278 g/mol. The van der Waals surface area contributed by atoms with Crippen LogP contribution in [0.3, 0.4) is 0 Å². The highest BCUT2D eigenvalue weighted by Gasteiger charge is 2.26. The van der Waals surface area contributed by atoms with Crippen molar-refractivity contribution in [2.24, 2.45) is 5.10 Å². The molecule has 0 aliphatic carbocycles. The Kier molecular flexibility index (Phi) is 5.82. The molecule has 1 rings (SSSR count). The van der Waals surface area contributed by atoms with Gasteiger partial charge in [-0.3, -0.25) is 0 Å². The number of hydrazone groups is 1. The second-order valence-corrected chi connectivity index (χ2v) is 6.95. The molecule has 0 aliphatic rings. The van der Waals surface area contributed by atoms with Gasteiger partial charge in [-0.25, -0.2) is 0 Å². The molecule has 0 radical (unpaired) electrons. The molecular weight excluding hydrogens is 248 g/mol. The molecular formula is C17H30N2O. The van der Waals surface area contributed by atoms with Crippen LogP contribution in [0.25, 0.3) is 0 Å². The lowest BCUT2D eigenvalue weighted by molar-refractivity contribution is 0.423. The largest absolute Gasteiger partial charge is 0.507 e. The lowest BCUT2D eigenvalue weighted by Gasteiger charge is -2.27. The highest BCUT2D eigenvalue weighted by molar-refractivity contribution is 5.81. The maximum atomic E-state index is 10.5. The number of nitrogens with zero attached hydrogens (tertiary/aromatic N) is 1. The number of phenolic OH excluding ortho intramolecular Hbond substituents is 1. The van der Waals surface area contributed by atoms with Gasteiger partial charge in [0.25, 0.3) is 0 Å². The van der Waals surface area contributed by atoms with Crippen LogP contribution in [0.2, 0.25) is 0 Å². The van der Waals surface area contributed by atoms with Crippen LogP contribution in [0, 0.1) is 0 Å². The predicted molar refractivity (Wildman–Crippen MR) is 88.9 cm³/mol. The van der Waals surface area contributed by atoms with Crippen LogP contribution in [0.4, 0.5) is 0 Å². The fraction of sp³-hybridized carbons (Fsp3) is 0.588. The van der Waals surface area contributed by atoms with E-state index < -0.39 is 0 Å². The van der Waals surface area contributed by atoms with Gasteiger partial charge in [0.1, 0.15) is 5.75 Å². The van der Waals surface area contributed by atoms with E-state index >= 15 is 0 Å². The Morgan fingerprint density at radius 1 is 1.00 bits per heavy atom. The summed E-state index contributed by atoms with van der Waals surface area (Å²) < 4.78 is 0. The summed E-state index contributed by atoms with van der Waals surface area (Å²) in [6.45, 7) is 12.6. The molecule has 0 saturated carbocycles. The Bertz CT molecular complexity index is 442. The van der Waals surface area contributed by atoms with Crippen LogP contribution >= 0.6 is 0 Å². The number of rotatable bonds is 2. The Morgan fingerprint density at radius 2 is 1.40 bits per heavy atom. The summed E-state index contributed by atoms with van der Waals surface area (Å²) in [5.41, 5.74) is 5.46. The van der Waals surface area contributed by atoms with E-state index in [1.807, 2.05) is 12.1 Å². The number of nitrogens with one attached hydrogen (secondary N) is 1. The van der Waals surface area contributed by atoms with E-state index in [1.54, 1.807) is 13.3 Å². The van der Waals surface area contributed by atoms with Gasteiger partial charge in [0.05, 0.1) is 6.21 Å². The molecule has 3 nitrogen and oxygen atoms in total. The van der Waals surface area contributed by atoms with E-state index in [-0.39, 0.29) is 18.3 Å². The van der Waals surface area contributed by atoms with Crippen molar-refractivity contribution in [1.29, 1.82) is 0 Å². The smallest absolute Gasteiger partial charge is 0.123 e. The first-order valence-corrected chi connectivity index (χ1v) is 6.65. The molecule has 0 bridgehead atoms. The van der Waals surface area contributed by atoms with Gasteiger partial charge in [0.15, 0.2) is 0 Å². The van der Waals surface area contributed by atoms with E-state index in [0.29, 0.717) is 5.75 Å². The van der Waals surface area contributed by atoms with Gasteiger partial charge >= 0.3 is 0 Å². The zero-order chi connectivity index (χ0) is 14.8. The normalized spacial score (nSPS) is 12.3. The minimum Gasteiger partial charge on any atom is -0.507 e. The van der Waals surface area contributed by atoms with Crippen molar-refractivity contribution in [2.75, 3.05) is 7.05 Å². The Balaban J connectivity index is 0.00000361. The van der Waals surface area contributed by atoms with Crippen LogP contribution in [0.15, 0.2) is 17.2 Å². The molecule has 1 aromatic rings. The summed E-state index contributed by atoms with van der Waals surface area (Å²) in [7, 11) is 1.77. The first-order chi connectivity index (χ1) is 8.57. The van der Waals surface area contributed by atoms with Crippen molar-refractivity contribution in [3.05, 3.63) is 28.8 Å². The molecule has 3 heteroatoms. The van der Waals surface area contributed by atoms with Gasteiger partial charge < -0.3 is 10.5 Å². The van der Waals surface area contributed by atoms with Gasteiger partial charge in [0.2, 0.25) is 0 Å². The minimum atomic E-state index is -0.104. The molecule has 114 valence electrons. The van der Waals surface area contributed by atoms with Crippen molar-refractivity contribution >= 4 is 6.21 Å². The number of phenols is 1. The van der Waals surface area contributed by atoms with Crippen molar-refractivity contribution < 1.29 is 5.11 Å². The zero-order valence-corrected chi connectivity index (χ0v) is 13.1. The van der Waals surface area contributed by atoms with Crippen LogP contribution in [-0.2, 0) is 10.8 Å². The molecule has 0 heterocycles. The molecule has 0 saturated heterocycles. The first kappa shape index (κ1) is 18.5. The molecule has 0 aromatic heterocycles. The minimum absolute atomic E-state index is 0. The SMILES string of the molecule is C.CN/N=C/c1cc(C(C)(C)C)c(O)c(C(C)(C)C)c1. The standard InChI is InChI=1S/C16H26N2O.CH4/c1-15(2,3)12-8-11(10-18-17-7)9-13(14(12)19)16(4,5)6;/h8-10,17,19H,1-7H3;1H4/b18-10+;. The molecule has 0 fully saturated rings. The van der Waals surface area contributed by atoms with E-state index in [1.165, 1.54) is 0 Å². The quantitative estimate of drug-likeness (QED) is 0.629. The van der Waals surface area contributed by atoms with Crippen LogP contribution < -0.4 is 5.43 Å². The lowest BCUT2D eigenvalue weighted by Crippen LogP contribution is -2.18. The van der Waals surface area contributed by atoms with E-state index in [2.05, 4.69) is 52.1 Å². The number of aromatic hydroxyl groups is 1. The molecule has 0 spiro atoms. The maximum Gasteiger partial charge on any atom is 0.123 e. The number of hydrogen-bond donors (Lipinski definition) is 2. The Labute approximate surface area is 124 Å². The Hall–Kier alpha value is -1.51.